The van der Waals surface area contributed by atoms with Gasteiger partial charge in [-0.3, -0.25) is 9.67 Å². The van der Waals surface area contributed by atoms with Gasteiger partial charge in [-0.25, -0.2) is 0 Å². The highest BCUT2D eigenvalue weighted by atomic mass is 32.1. The van der Waals surface area contributed by atoms with Crippen LogP contribution in [0.25, 0.3) is 10.9 Å². The quantitative estimate of drug-likeness (QED) is 0.776. The Bertz CT molecular complexity index is 657. The van der Waals surface area contributed by atoms with Crippen LogP contribution in [0.15, 0.2) is 36.0 Å². The minimum atomic E-state index is 0.789. The van der Waals surface area contributed by atoms with E-state index in [4.69, 9.17) is 5.10 Å². The standard InChI is InChI=1S/C14H16N4S/c1-2-15-8-13-12-5-3-4-6-14(12)18(17-13)9-11-7-16-10-19-11/h3-7,10,15H,2,8-9H2,1H3. The van der Waals surface area contributed by atoms with E-state index in [1.165, 1.54) is 15.8 Å². The highest BCUT2D eigenvalue weighted by Crippen LogP contribution is 2.20. The molecule has 3 rings (SSSR count). The van der Waals surface area contributed by atoms with Crippen LogP contribution in [0.2, 0.25) is 0 Å². The van der Waals surface area contributed by atoms with Crippen LogP contribution in [-0.2, 0) is 13.1 Å². The number of para-hydroxylation sites is 1. The van der Waals surface area contributed by atoms with Gasteiger partial charge in [0.1, 0.15) is 0 Å². The Labute approximate surface area is 116 Å². The molecule has 2 aromatic heterocycles. The highest BCUT2D eigenvalue weighted by Gasteiger charge is 2.10. The van der Waals surface area contributed by atoms with Crippen molar-refractivity contribution < 1.29 is 0 Å². The topological polar surface area (TPSA) is 42.7 Å². The van der Waals surface area contributed by atoms with E-state index >= 15 is 0 Å². The number of nitrogens with one attached hydrogen (secondary N) is 1. The van der Waals surface area contributed by atoms with Crippen LogP contribution in [0.1, 0.15) is 17.5 Å². The number of benzene rings is 1. The lowest BCUT2D eigenvalue weighted by molar-refractivity contribution is 0.660. The summed E-state index contributed by atoms with van der Waals surface area (Å²) in [5.74, 6) is 0. The molecule has 0 aliphatic carbocycles. The number of aromatic nitrogens is 3. The molecule has 1 aromatic carbocycles. The Balaban J connectivity index is 1.99. The van der Waals surface area contributed by atoms with Gasteiger partial charge in [-0.15, -0.1) is 11.3 Å². The summed E-state index contributed by atoms with van der Waals surface area (Å²) >= 11 is 1.67. The molecule has 0 unspecified atom stereocenters. The first kappa shape index (κ1) is 12.3. The molecule has 0 bridgehead atoms. The summed E-state index contributed by atoms with van der Waals surface area (Å²) in [6.07, 6.45) is 1.91. The van der Waals surface area contributed by atoms with E-state index < -0.39 is 0 Å². The minimum Gasteiger partial charge on any atom is -0.311 e. The van der Waals surface area contributed by atoms with Crippen LogP contribution < -0.4 is 5.32 Å². The Kier molecular flexibility index (Phi) is 3.57. The van der Waals surface area contributed by atoms with E-state index in [1.807, 2.05) is 11.7 Å². The number of hydrogen-bond donors (Lipinski definition) is 1. The summed E-state index contributed by atoms with van der Waals surface area (Å²) in [4.78, 5) is 5.35. The number of nitrogens with zero attached hydrogens (tertiary/aromatic N) is 3. The second-order valence-electron chi connectivity index (χ2n) is 4.37. The summed E-state index contributed by atoms with van der Waals surface area (Å²) in [7, 11) is 0. The summed E-state index contributed by atoms with van der Waals surface area (Å²) < 4.78 is 2.06. The molecule has 1 N–H and O–H groups in total. The first-order chi connectivity index (χ1) is 9.38. The zero-order valence-electron chi connectivity index (χ0n) is 10.8. The molecule has 0 saturated carbocycles. The summed E-state index contributed by atoms with van der Waals surface area (Å²) in [5, 5.41) is 9.31. The van der Waals surface area contributed by atoms with E-state index in [2.05, 4.69) is 46.2 Å². The number of thiazole rings is 1. The molecule has 0 spiro atoms. The zero-order valence-corrected chi connectivity index (χ0v) is 11.7. The van der Waals surface area contributed by atoms with Gasteiger partial charge in [0.2, 0.25) is 0 Å². The van der Waals surface area contributed by atoms with Gasteiger partial charge in [0.15, 0.2) is 0 Å². The molecule has 4 nitrogen and oxygen atoms in total. The van der Waals surface area contributed by atoms with Crippen molar-refractivity contribution >= 4 is 22.2 Å². The van der Waals surface area contributed by atoms with Crippen LogP contribution in [-0.4, -0.2) is 21.3 Å². The third-order valence-electron chi connectivity index (χ3n) is 3.07. The van der Waals surface area contributed by atoms with Crippen LogP contribution in [0, 0.1) is 0 Å². The maximum atomic E-state index is 4.73. The third-order valence-corrected chi connectivity index (χ3v) is 3.83. The van der Waals surface area contributed by atoms with Crippen molar-refractivity contribution in [1.82, 2.24) is 20.1 Å². The lowest BCUT2D eigenvalue weighted by Crippen LogP contribution is -2.12. The van der Waals surface area contributed by atoms with E-state index in [0.29, 0.717) is 0 Å². The molecule has 0 amide bonds. The normalized spacial score (nSPS) is 11.2. The predicted octanol–water partition coefficient (Wildman–Crippen LogP) is 2.65. The van der Waals surface area contributed by atoms with Crippen molar-refractivity contribution in [3.63, 3.8) is 0 Å². The maximum absolute atomic E-state index is 4.73. The van der Waals surface area contributed by atoms with Crippen molar-refractivity contribution in [1.29, 1.82) is 0 Å². The van der Waals surface area contributed by atoms with Gasteiger partial charge in [-0.05, 0) is 12.6 Å². The molecule has 98 valence electrons. The Morgan fingerprint density at radius 2 is 2.21 bits per heavy atom. The van der Waals surface area contributed by atoms with E-state index in [9.17, 15) is 0 Å². The van der Waals surface area contributed by atoms with E-state index in [0.717, 1.165) is 25.3 Å². The molecule has 0 aliphatic heterocycles. The lowest BCUT2D eigenvalue weighted by Gasteiger charge is -2.00. The third kappa shape index (κ3) is 2.52. The van der Waals surface area contributed by atoms with Crippen LogP contribution in [0.4, 0.5) is 0 Å². The molecule has 2 heterocycles. The molecule has 0 fully saturated rings. The largest absolute Gasteiger partial charge is 0.311 e. The average Bonchev–Trinajstić information content (AvgIpc) is 3.06. The average molecular weight is 272 g/mol. The molecule has 5 heteroatoms. The second-order valence-corrected chi connectivity index (χ2v) is 5.34. The fourth-order valence-corrected chi connectivity index (χ4v) is 2.73. The van der Waals surface area contributed by atoms with Gasteiger partial charge in [0, 0.05) is 23.0 Å². The smallest absolute Gasteiger partial charge is 0.0841 e. The number of fused-ring (bicyclic) bond motifs is 1. The van der Waals surface area contributed by atoms with Gasteiger partial charge >= 0.3 is 0 Å². The zero-order chi connectivity index (χ0) is 13.1. The van der Waals surface area contributed by atoms with Gasteiger partial charge in [-0.1, -0.05) is 25.1 Å². The summed E-state index contributed by atoms with van der Waals surface area (Å²) in [6.45, 7) is 4.66. The minimum absolute atomic E-state index is 0.789. The number of rotatable bonds is 5. The highest BCUT2D eigenvalue weighted by molar-refractivity contribution is 7.09. The fraction of sp³-hybridized carbons (Fsp3) is 0.286. The SMILES string of the molecule is CCNCc1nn(Cc2cncs2)c2ccccc12. The predicted molar refractivity (Wildman–Crippen MR) is 78.3 cm³/mol. The monoisotopic (exact) mass is 272 g/mol. The maximum Gasteiger partial charge on any atom is 0.0841 e. The lowest BCUT2D eigenvalue weighted by atomic mass is 10.2. The fourth-order valence-electron chi connectivity index (χ4n) is 2.16. The van der Waals surface area contributed by atoms with E-state index in [1.54, 1.807) is 11.3 Å². The van der Waals surface area contributed by atoms with Gasteiger partial charge in [-0.2, -0.15) is 5.10 Å². The van der Waals surface area contributed by atoms with Crippen molar-refractivity contribution in [2.75, 3.05) is 6.54 Å². The molecule has 19 heavy (non-hydrogen) atoms. The Morgan fingerprint density at radius 1 is 1.32 bits per heavy atom. The summed E-state index contributed by atoms with van der Waals surface area (Å²) in [5.41, 5.74) is 4.16. The van der Waals surface area contributed by atoms with Crippen molar-refractivity contribution in [2.24, 2.45) is 0 Å². The number of hydrogen-bond acceptors (Lipinski definition) is 4. The van der Waals surface area contributed by atoms with Crippen LogP contribution >= 0.6 is 11.3 Å². The molecule has 0 atom stereocenters. The molecule has 0 radical (unpaired) electrons. The van der Waals surface area contributed by atoms with Crippen molar-refractivity contribution in [2.45, 2.75) is 20.0 Å². The van der Waals surface area contributed by atoms with Crippen molar-refractivity contribution in [3.05, 3.63) is 46.5 Å². The summed E-state index contributed by atoms with van der Waals surface area (Å²) in [6, 6.07) is 8.39. The van der Waals surface area contributed by atoms with Crippen LogP contribution in [0.3, 0.4) is 0 Å². The first-order valence-electron chi connectivity index (χ1n) is 6.41. The molecule has 3 aromatic rings. The Morgan fingerprint density at radius 3 is 3.00 bits per heavy atom. The molecule has 0 aliphatic rings. The Hall–Kier alpha value is -1.72. The molecular formula is C14H16N4S. The van der Waals surface area contributed by atoms with Crippen LogP contribution in [0.5, 0.6) is 0 Å². The van der Waals surface area contributed by atoms with Gasteiger partial charge < -0.3 is 5.32 Å². The van der Waals surface area contributed by atoms with Gasteiger partial charge in [0.25, 0.3) is 0 Å². The second kappa shape index (κ2) is 5.50. The van der Waals surface area contributed by atoms with E-state index in [-0.39, 0.29) is 0 Å². The first-order valence-corrected chi connectivity index (χ1v) is 7.29. The van der Waals surface area contributed by atoms with Gasteiger partial charge in [0.05, 0.1) is 23.3 Å². The van der Waals surface area contributed by atoms with Crippen molar-refractivity contribution in [3.8, 4) is 0 Å². The molecule has 0 saturated heterocycles. The molecular weight excluding hydrogens is 256 g/mol.